The lowest BCUT2D eigenvalue weighted by atomic mass is 10.2. The van der Waals surface area contributed by atoms with E-state index < -0.39 is 0 Å². The van der Waals surface area contributed by atoms with Crippen molar-refractivity contribution in [3.8, 4) is 10.6 Å². The first-order valence-corrected chi connectivity index (χ1v) is 7.02. The van der Waals surface area contributed by atoms with Crippen molar-refractivity contribution in [2.24, 2.45) is 0 Å². The van der Waals surface area contributed by atoms with Crippen molar-refractivity contribution in [3.63, 3.8) is 0 Å². The zero-order valence-electron chi connectivity index (χ0n) is 10.7. The topological polar surface area (TPSA) is 16.1 Å². The second-order valence-electron chi connectivity index (χ2n) is 4.27. The largest absolute Gasteiger partial charge is 0.329 e. The van der Waals surface area contributed by atoms with Gasteiger partial charge in [-0.25, -0.2) is 4.98 Å². The molecule has 1 heterocycles. The molecule has 94 valence electrons. The number of para-hydroxylation sites is 1. The van der Waals surface area contributed by atoms with E-state index in [9.17, 15) is 0 Å². The normalized spacial score (nSPS) is 10.4. The fourth-order valence-electron chi connectivity index (χ4n) is 1.92. The van der Waals surface area contributed by atoms with Crippen molar-refractivity contribution in [1.29, 1.82) is 0 Å². The first-order chi connectivity index (χ1) is 9.34. The molecule has 0 aliphatic rings. The summed E-state index contributed by atoms with van der Waals surface area (Å²) in [5.74, 6) is 0.982. The molecule has 3 rings (SSSR count). The third-order valence-electron chi connectivity index (χ3n) is 3.00. The smallest absolute Gasteiger partial charge is 0.144 e. The van der Waals surface area contributed by atoms with Crippen molar-refractivity contribution in [2.75, 3.05) is 11.9 Å². The molecule has 2 nitrogen and oxygen atoms in total. The van der Waals surface area contributed by atoms with Gasteiger partial charge in [-0.2, -0.15) is 0 Å². The van der Waals surface area contributed by atoms with Gasteiger partial charge in [0.2, 0.25) is 0 Å². The lowest BCUT2D eigenvalue weighted by molar-refractivity contribution is 1.15. The average Bonchev–Trinajstić information content (AvgIpc) is 2.98. The van der Waals surface area contributed by atoms with Gasteiger partial charge in [-0.05, 0) is 12.1 Å². The predicted molar refractivity (Wildman–Crippen MR) is 82.1 cm³/mol. The van der Waals surface area contributed by atoms with Crippen LogP contribution < -0.4 is 4.90 Å². The van der Waals surface area contributed by atoms with Crippen LogP contribution in [0.4, 0.5) is 11.5 Å². The molecule has 0 radical (unpaired) electrons. The Kier molecular flexibility index (Phi) is 3.29. The Bertz CT molecular complexity index is 647. The maximum Gasteiger partial charge on any atom is 0.144 e. The van der Waals surface area contributed by atoms with Gasteiger partial charge in [0.25, 0.3) is 0 Å². The predicted octanol–water partition coefficient (Wildman–Crippen LogP) is 4.58. The summed E-state index contributed by atoms with van der Waals surface area (Å²) in [4.78, 5) is 6.80. The number of benzene rings is 2. The molecule has 0 saturated carbocycles. The van der Waals surface area contributed by atoms with E-state index in [0.717, 1.165) is 16.5 Å². The van der Waals surface area contributed by atoms with Crippen LogP contribution in [-0.2, 0) is 0 Å². The van der Waals surface area contributed by atoms with E-state index >= 15 is 0 Å². The fourth-order valence-corrected chi connectivity index (χ4v) is 2.76. The van der Waals surface area contributed by atoms with Crippen LogP contribution >= 0.6 is 11.3 Å². The van der Waals surface area contributed by atoms with Crippen molar-refractivity contribution >= 4 is 22.8 Å². The molecule has 19 heavy (non-hydrogen) atoms. The highest BCUT2D eigenvalue weighted by Crippen LogP contribution is 2.30. The lowest BCUT2D eigenvalue weighted by Crippen LogP contribution is -2.09. The maximum atomic E-state index is 4.70. The van der Waals surface area contributed by atoms with Gasteiger partial charge in [-0.15, -0.1) is 11.3 Å². The fraction of sp³-hybridized carbons (Fsp3) is 0.0625. The summed E-state index contributed by atoms with van der Waals surface area (Å²) in [6.07, 6.45) is 0. The van der Waals surface area contributed by atoms with Crippen LogP contribution in [0.15, 0.2) is 66.0 Å². The standard InChI is InChI=1S/C16H14N2S/c1-18(14-10-6-3-7-11-14)15-12-19-16(17-15)13-8-4-2-5-9-13/h2-12H,1H3. The average molecular weight is 266 g/mol. The third-order valence-corrected chi connectivity index (χ3v) is 3.88. The van der Waals surface area contributed by atoms with E-state index in [1.54, 1.807) is 11.3 Å². The van der Waals surface area contributed by atoms with E-state index in [0.29, 0.717) is 0 Å². The van der Waals surface area contributed by atoms with Crippen LogP contribution in [0.5, 0.6) is 0 Å². The Hall–Kier alpha value is -2.13. The second-order valence-corrected chi connectivity index (χ2v) is 5.13. The Morgan fingerprint density at radius 3 is 2.21 bits per heavy atom. The second kappa shape index (κ2) is 5.24. The summed E-state index contributed by atoms with van der Waals surface area (Å²) in [5.41, 5.74) is 2.31. The highest BCUT2D eigenvalue weighted by atomic mass is 32.1. The van der Waals surface area contributed by atoms with E-state index in [1.807, 2.05) is 43.4 Å². The molecule has 0 amide bonds. The SMILES string of the molecule is CN(c1ccccc1)c1csc(-c2ccccc2)n1. The van der Waals surface area contributed by atoms with Crippen LogP contribution in [0.2, 0.25) is 0 Å². The van der Waals surface area contributed by atoms with Gasteiger partial charge in [0.1, 0.15) is 10.8 Å². The molecule has 0 fully saturated rings. The summed E-state index contributed by atoms with van der Waals surface area (Å²) in [6, 6.07) is 20.5. The van der Waals surface area contributed by atoms with Crippen molar-refractivity contribution in [3.05, 3.63) is 66.0 Å². The molecule has 0 spiro atoms. The quantitative estimate of drug-likeness (QED) is 0.690. The summed E-state index contributed by atoms with van der Waals surface area (Å²) in [5, 5.41) is 3.15. The number of anilines is 2. The van der Waals surface area contributed by atoms with Crippen LogP contribution in [0.3, 0.4) is 0 Å². The number of hydrogen-bond donors (Lipinski definition) is 0. The van der Waals surface area contributed by atoms with Crippen LogP contribution in [0, 0.1) is 0 Å². The monoisotopic (exact) mass is 266 g/mol. The summed E-state index contributed by atoms with van der Waals surface area (Å²) >= 11 is 1.67. The Morgan fingerprint density at radius 2 is 1.53 bits per heavy atom. The number of nitrogens with zero attached hydrogens (tertiary/aromatic N) is 2. The number of rotatable bonds is 3. The molecular formula is C16H14N2S. The van der Waals surface area contributed by atoms with Gasteiger partial charge in [0, 0.05) is 23.7 Å². The third kappa shape index (κ3) is 2.51. The maximum absolute atomic E-state index is 4.70. The molecule has 2 aromatic carbocycles. The molecule has 0 aliphatic carbocycles. The van der Waals surface area contributed by atoms with Crippen LogP contribution in [-0.4, -0.2) is 12.0 Å². The summed E-state index contributed by atoms with van der Waals surface area (Å²) in [6.45, 7) is 0. The highest BCUT2D eigenvalue weighted by Gasteiger charge is 2.09. The minimum Gasteiger partial charge on any atom is -0.329 e. The van der Waals surface area contributed by atoms with Crippen LogP contribution in [0.25, 0.3) is 10.6 Å². The molecule has 0 unspecified atom stereocenters. The van der Waals surface area contributed by atoms with Gasteiger partial charge >= 0.3 is 0 Å². The number of hydrogen-bond acceptors (Lipinski definition) is 3. The molecule has 0 aliphatic heterocycles. The van der Waals surface area contributed by atoms with Crippen molar-refractivity contribution in [2.45, 2.75) is 0 Å². The van der Waals surface area contributed by atoms with Crippen molar-refractivity contribution < 1.29 is 0 Å². The molecule has 0 atom stereocenters. The lowest BCUT2D eigenvalue weighted by Gasteiger charge is -2.15. The first-order valence-electron chi connectivity index (χ1n) is 6.14. The Labute approximate surface area is 117 Å². The van der Waals surface area contributed by atoms with E-state index in [4.69, 9.17) is 4.98 Å². The summed E-state index contributed by atoms with van der Waals surface area (Å²) < 4.78 is 0. The number of aromatic nitrogens is 1. The molecule has 0 bridgehead atoms. The van der Waals surface area contributed by atoms with E-state index in [1.165, 1.54) is 5.56 Å². The van der Waals surface area contributed by atoms with E-state index in [-0.39, 0.29) is 0 Å². The molecule has 3 heteroatoms. The van der Waals surface area contributed by atoms with Gasteiger partial charge in [-0.1, -0.05) is 48.5 Å². The van der Waals surface area contributed by atoms with E-state index in [2.05, 4.69) is 34.5 Å². The highest BCUT2D eigenvalue weighted by molar-refractivity contribution is 7.13. The van der Waals surface area contributed by atoms with Crippen molar-refractivity contribution in [1.82, 2.24) is 4.98 Å². The van der Waals surface area contributed by atoms with Crippen LogP contribution in [0.1, 0.15) is 0 Å². The first kappa shape index (κ1) is 11.9. The molecule has 0 N–H and O–H groups in total. The summed E-state index contributed by atoms with van der Waals surface area (Å²) in [7, 11) is 2.04. The molecule has 1 aromatic heterocycles. The van der Waals surface area contributed by atoms with Gasteiger partial charge in [-0.3, -0.25) is 0 Å². The zero-order valence-corrected chi connectivity index (χ0v) is 11.5. The minimum absolute atomic E-state index is 0.982. The minimum atomic E-state index is 0.982. The van der Waals surface area contributed by atoms with Gasteiger partial charge in [0.15, 0.2) is 0 Å². The molecule has 3 aromatic rings. The number of thiazole rings is 1. The molecule has 0 saturated heterocycles. The van der Waals surface area contributed by atoms with Gasteiger partial charge < -0.3 is 4.90 Å². The zero-order chi connectivity index (χ0) is 13.1. The molecular weight excluding hydrogens is 252 g/mol. The van der Waals surface area contributed by atoms with Gasteiger partial charge in [0.05, 0.1) is 0 Å². The Balaban J connectivity index is 1.90. The Morgan fingerprint density at radius 1 is 0.895 bits per heavy atom.